The average molecular weight is 329 g/mol. The van der Waals surface area contributed by atoms with Crippen LogP contribution in [-0.2, 0) is 13.1 Å². The van der Waals surface area contributed by atoms with Gasteiger partial charge in [0.2, 0.25) is 0 Å². The maximum absolute atomic E-state index is 3.65. The Morgan fingerprint density at radius 2 is 1.88 bits per heavy atom. The van der Waals surface area contributed by atoms with Crippen LogP contribution in [0.1, 0.15) is 24.8 Å². The molecule has 0 spiro atoms. The summed E-state index contributed by atoms with van der Waals surface area (Å²) in [6.45, 7) is 8.03. The summed E-state index contributed by atoms with van der Waals surface area (Å²) in [5.41, 5.74) is 2.80. The lowest BCUT2D eigenvalue weighted by molar-refractivity contribution is 0.336. The zero-order valence-electron chi connectivity index (χ0n) is 15.3. The van der Waals surface area contributed by atoms with Crippen LogP contribution in [0.3, 0.4) is 0 Å². The second-order valence-electron chi connectivity index (χ2n) is 7.25. The Kier molecular flexibility index (Phi) is 6.30. The molecule has 2 aromatic rings. The van der Waals surface area contributed by atoms with Gasteiger partial charge in [-0.15, -0.1) is 0 Å². The highest BCUT2D eigenvalue weighted by Crippen LogP contribution is 2.21. The molecule has 2 heterocycles. The largest absolute Gasteiger partial charge is 0.347 e. The quantitative estimate of drug-likeness (QED) is 0.716. The number of fused-ring (bicyclic) bond motifs is 1. The lowest BCUT2D eigenvalue weighted by Gasteiger charge is -2.14. The first-order valence-corrected chi connectivity index (χ1v) is 9.38. The maximum atomic E-state index is 3.65. The van der Waals surface area contributed by atoms with Crippen molar-refractivity contribution in [2.45, 2.75) is 32.4 Å². The van der Waals surface area contributed by atoms with Gasteiger partial charge in [0.15, 0.2) is 0 Å². The van der Waals surface area contributed by atoms with Crippen molar-refractivity contribution in [3.05, 3.63) is 36.0 Å². The van der Waals surface area contributed by atoms with E-state index in [-0.39, 0.29) is 0 Å². The van der Waals surface area contributed by atoms with E-state index in [1.54, 1.807) is 0 Å². The molecule has 1 aliphatic heterocycles. The molecule has 1 fully saturated rings. The van der Waals surface area contributed by atoms with Crippen LogP contribution >= 0.6 is 0 Å². The van der Waals surface area contributed by atoms with E-state index in [4.69, 9.17) is 0 Å². The highest BCUT2D eigenvalue weighted by atomic mass is 15.1. The van der Waals surface area contributed by atoms with Gasteiger partial charge in [0, 0.05) is 43.3 Å². The monoisotopic (exact) mass is 328 g/mol. The lowest BCUT2D eigenvalue weighted by atomic mass is 10.2. The van der Waals surface area contributed by atoms with Crippen molar-refractivity contribution in [1.82, 2.24) is 19.7 Å². The molecule has 24 heavy (non-hydrogen) atoms. The predicted octanol–water partition coefficient (Wildman–Crippen LogP) is 2.78. The van der Waals surface area contributed by atoms with Crippen LogP contribution in [-0.4, -0.2) is 61.2 Å². The van der Waals surface area contributed by atoms with Crippen molar-refractivity contribution in [2.24, 2.45) is 0 Å². The van der Waals surface area contributed by atoms with E-state index in [9.17, 15) is 0 Å². The number of para-hydroxylation sites is 1. The number of hydrogen-bond donors (Lipinski definition) is 1. The summed E-state index contributed by atoms with van der Waals surface area (Å²) < 4.78 is 2.43. The minimum absolute atomic E-state index is 0.967. The first-order valence-electron chi connectivity index (χ1n) is 9.38. The molecule has 0 unspecified atom stereocenters. The standard InChI is InChI=1S/C20H32N4/c1-22(2)11-7-14-24-17-18(19-8-3-4-9-20(19)24)16-21-10-15-23-12-5-6-13-23/h3-4,8-9,17,21H,5-7,10-16H2,1-2H3. The Bertz CT molecular complexity index is 626. The number of aryl methyl sites for hydroxylation is 1. The molecule has 4 heteroatoms. The number of likely N-dealkylation sites (tertiary alicyclic amines) is 1. The van der Waals surface area contributed by atoms with Crippen molar-refractivity contribution < 1.29 is 0 Å². The number of nitrogens with zero attached hydrogens (tertiary/aromatic N) is 3. The first-order chi connectivity index (χ1) is 11.7. The van der Waals surface area contributed by atoms with Gasteiger partial charge in [-0.2, -0.15) is 0 Å². The lowest BCUT2D eigenvalue weighted by Crippen LogP contribution is -2.29. The fraction of sp³-hybridized carbons (Fsp3) is 0.600. The molecule has 1 N–H and O–H groups in total. The highest BCUT2D eigenvalue weighted by molar-refractivity contribution is 5.83. The molecule has 1 aromatic heterocycles. The van der Waals surface area contributed by atoms with Gasteiger partial charge in [0.05, 0.1) is 0 Å². The second kappa shape index (κ2) is 8.65. The fourth-order valence-corrected chi connectivity index (χ4v) is 3.67. The van der Waals surface area contributed by atoms with Gasteiger partial charge in [-0.25, -0.2) is 0 Å². The van der Waals surface area contributed by atoms with Gasteiger partial charge in [-0.3, -0.25) is 0 Å². The highest BCUT2D eigenvalue weighted by Gasteiger charge is 2.11. The molecule has 0 atom stereocenters. The first kappa shape index (κ1) is 17.5. The molecule has 1 saturated heterocycles. The maximum Gasteiger partial charge on any atom is 0.0483 e. The molecule has 0 saturated carbocycles. The summed E-state index contributed by atoms with van der Waals surface area (Å²) in [4.78, 5) is 4.82. The normalized spacial score (nSPS) is 15.8. The summed E-state index contributed by atoms with van der Waals surface area (Å²) in [6, 6.07) is 8.81. The number of hydrogen-bond acceptors (Lipinski definition) is 3. The topological polar surface area (TPSA) is 23.4 Å². The van der Waals surface area contributed by atoms with E-state index in [1.165, 1.54) is 55.4 Å². The summed E-state index contributed by atoms with van der Waals surface area (Å²) in [6.07, 6.45) is 6.29. The SMILES string of the molecule is CN(C)CCCn1cc(CNCCN2CCCC2)c2ccccc21. The zero-order valence-corrected chi connectivity index (χ0v) is 15.3. The minimum Gasteiger partial charge on any atom is -0.347 e. The molecule has 0 radical (unpaired) electrons. The smallest absolute Gasteiger partial charge is 0.0483 e. The third kappa shape index (κ3) is 4.59. The molecular formula is C20H32N4. The number of nitrogens with one attached hydrogen (secondary N) is 1. The summed E-state index contributed by atoms with van der Waals surface area (Å²) in [5, 5.41) is 5.04. The minimum atomic E-state index is 0.967. The van der Waals surface area contributed by atoms with E-state index < -0.39 is 0 Å². The van der Waals surface area contributed by atoms with E-state index >= 15 is 0 Å². The third-order valence-corrected chi connectivity index (χ3v) is 4.99. The van der Waals surface area contributed by atoms with Crippen LogP contribution in [0.2, 0.25) is 0 Å². The molecule has 0 aliphatic carbocycles. The van der Waals surface area contributed by atoms with Crippen LogP contribution in [0, 0.1) is 0 Å². The van der Waals surface area contributed by atoms with Crippen molar-refractivity contribution in [3.63, 3.8) is 0 Å². The molecular weight excluding hydrogens is 296 g/mol. The van der Waals surface area contributed by atoms with Gasteiger partial charge >= 0.3 is 0 Å². The molecule has 3 rings (SSSR count). The van der Waals surface area contributed by atoms with Gasteiger partial charge in [-0.1, -0.05) is 18.2 Å². The van der Waals surface area contributed by atoms with Crippen LogP contribution in [0.15, 0.2) is 30.5 Å². The van der Waals surface area contributed by atoms with Crippen molar-refractivity contribution in [3.8, 4) is 0 Å². The number of benzene rings is 1. The molecule has 132 valence electrons. The predicted molar refractivity (Wildman–Crippen MR) is 102 cm³/mol. The number of aromatic nitrogens is 1. The zero-order chi connectivity index (χ0) is 16.8. The summed E-state index contributed by atoms with van der Waals surface area (Å²) in [5.74, 6) is 0. The molecule has 1 aliphatic rings. The van der Waals surface area contributed by atoms with Crippen molar-refractivity contribution in [2.75, 3.05) is 46.8 Å². The van der Waals surface area contributed by atoms with Gasteiger partial charge in [-0.05, 0) is 64.6 Å². The third-order valence-electron chi connectivity index (χ3n) is 4.99. The van der Waals surface area contributed by atoms with Crippen molar-refractivity contribution in [1.29, 1.82) is 0 Å². The summed E-state index contributed by atoms with van der Waals surface area (Å²) in [7, 11) is 4.28. The van der Waals surface area contributed by atoms with Crippen LogP contribution < -0.4 is 5.32 Å². The van der Waals surface area contributed by atoms with E-state index in [1.807, 2.05) is 0 Å². The van der Waals surface area contributed by atoms with E-state index in [0.717, 1.165) is 26.2 Å². The Morgan fingerprint density at radius 1 is 1.08 bits per heavy atom. The molecule has 1 aromatic carbocycles. The fourth-order valence-electron chi connectivity index (χ4n) is 3.67. The molecule has 0 amide bonds. The van der Waals surface area contributed by atoms with Crippen LogP contribution in [0.4, 0.5) is 0 Å². The van der Waals surface area contributed by atoms with Gasteiger partial charge in [0.1, 0.15) is 0 Å². The Balaban J connectivity index is 1.57. The van der Waals surface area contributed by atoms with E-state index in [0.29, 0.717) is 0 Å². The van der Waals surface area contributed by atoms with Crippen LogP contribution in [0.25, 0.3) is 10.9 Å². The van der Waals surface area contributed by atoms with Crippen molar-refractivity contribution >= 4 is 10.9 Å². The average Bonchev–Trinajstić information content (AvgIpc) is 3.20. The number of rotatable bonds is 9. The van der Waals surface area contributed by atoms with Gasteiger partial charge in [0.25, 0.3) is 0 Å². The van der Waals surface area contributed by atoms with Gasteiger partial charge < -0.3 is 19.7 Å². The summed E-state index contributed by atoms with van der Waals surface area (Å²) >= 11 is 0. The Hall–Kier alpha value is -1.36. The van der Waals surface area contributed by atoms with Crippen LogP contribution in [0.5, 0.6) is 0 Å². The molecule has 0 bridgehead atoms. The Labute approximate surface area is 146 Å². The molecule has 4 nitrogen and oxygen atoms in total. The second-order valence-corrected chi connectivity index (χ2v) is 7.25. The van der Waals surface area contributed by atoms with E-state index in [2.05, 4.69) is 64.2 Å². The Morgan fingerprint density at radius 3 is 2.67 bits per heavy atom.